The molecule has 0 saturated heterocycles. The number of nitrogens with one attached hydrogen (secondary N) is 1. The molecule has 0 heterocycles. The quantitative estimate of drug-likeness (QED) is 0.742. The first-order valence-electron chi connectivity index (χ1n) is 6.14. The van der Waals surface area contributed by atoms with Crippen LogP contribution in [0.2, 0.25) is 5.02 Å². The largest absolute Gasteiger partial charge is 0.494 e. The molecular formula is C12H17BrCl2N2O3S. The third kappa shape index (κ3) is 4.46. The molecule has 3 N–H and O–H groups in total. The van der Waals surface area contributed by atoms with Crippen LogP contribution < -0.4 is 15.2 Å². The van der Waals surface area contributed by atoms with E-state index in [1.165, 1.54) is 13.2 Å². The average molecular weight is 420 g/mol. The van der Waals surface area contributed by atoms with E-state index in [0.717, 1.165) is 12.8 Å². The summed E-state index contributed by atoms with van der Waals surface area (Å²) in [5.41, 5.74) is 5.64. The van der Waals surface area contributed by atoms with Crippen molar-refractivity contribution in [1.82, 2.24) is 4.72 Å². The molecule has 0 bridgehead atoms. The van der Waals surface area contributed by atoms with Crippen LogP contribution in [-0.2, 0) is 10.0 Å². The summed E-state index contributed by atoms with van der Waals surface area (Å²) >= 11 is 9.18. The highest BCUT2D eigenvalue weighted by atomic mass is 79.9. The number of hydrogen-bond donors (Lipinski definition) is 2. The zero-order chi connectivity index (χ0) is 14.9. The van der Waals surface area contributed by atoms with Crippen LogP contribution in [0.1, 0.15) is 12.8 Å². The fraction of sp³-hybridized carbons (Fsp3) is 0.500. The molecule has 120 valence electrons. The molecule has 0 amide bonds. The lowest BCUT2D eigenvalue weighted by atomic mass is 10.2. The first kappa shape index (κ1) is 19.0. The topological polar surface area (TPSA) is 81.4 Å². The molecule has 1 saturated carbocycles. The average Bonchev–Trinajstić information content (AvgIpc) is 3.19. The Bertz CT molecular complexity index is 609. The van der Waals surface area contributed by atoms with E-state index in [1.54, 1.807) is 6.07 Å². The molecule has 0 spiro atoms. The molecule has 1 atom stereocenters. The fourth-order valence-electron chi connectivity index (χ4n) is 2.03. The number of sulfonamides is 1. The van der Waals surface area contributed by atoms with Gasteiger partial charge in [-0.3, -0.25) is 0 Å². The van der Waals surface area contributed by atoms with E-state index in [0.29, 0.717) is 15.4 Å². The summed E-state index contributed by atoms with van der Waals surface area (Å²) in [7, 11) is -2.32. The predicted octanol–water partition coefficient (Wildman–Crippen LogP) is 2.55. The maximum absolute atomic E-state index is 12.5. The molecule has 5 nitrogen and oxygen atoms in total. The van der Waals surface area contributed by atoms with Crippen LogP contribution in [0.25, 0.3) is 0 Å². The van der Waals surface area contributed by atoms with Crippen molar-refractivity contribution in [2.45, 2.75) is 23.8 Å². The molecule has 1 aliphatic rings. The highest BCUT2D eigenvalue weighted by Gasteiger charge is 2.34. The number of methoxy groups -OCH3 is 1. The van der Waals surface area contributed by atoms with Crippen molar-refractivity contribution in [3.63, 3.8) is 0 Å². The summed E-state index contributed by atoms with van der Waals surface area (Å²) in [4.78, 5) is 0.0125. The molecule has 0 radical (unpaired) electrons. The second kappa shape index (κ2) is 7.48. The molecule has 1 aromatic carbocycles. The smallest absolute Gasteiger partial charge is 0.244 e. The van der Waals surface area contributed by atoms with Gasteiger partial charge in [0.2, 0.25) is 10.0 Å². The molecule has 9 heteroatoms. The summed E-state index contributed by atoms with van der Waals surface area (Å²) in [5, 5.41) is 0.314. The lowest BCUT2D eigenvalue weighted by Gasteiger charge is -2.18. The van der Waals surface area contributed by atoms with Crippen molar-refractivity contribution in [3.05, 3.63) is 21.6 Å². The Morgan fingerprint density at radius 2 is 2.14 bits per heavy atom. The van der Waals surface area contributed by atoms with Gasteiger partial charge in [0.1, 0.15) is 4.90 Å². The van der Waals surface area contributed by atoms with E-state index in [-0.39, 0.29) is 35.6 Å². The minimum atomic E-state index is -3.73. The van der Waals surface area contributed by atoms with E-state index in [1.807, 2.05) is 0 Å². The minimum Gasteiger partial charge on any atom is -0.494 e. The maximum atomic E-state index is 12.5. The number of hydrogen-bond acceptors (Lipinski definition) is 4. The van der Waals surface area contributed by atoms with Gasteiger partial charge < -0.3 is 10.5 Å². The second-order valence-electron chi connectivity index (χ2n) is 4.72. The van der Waals surface area contributed by atoms with Crippen molar-refractivity contribution in [2.75, 3.05) is 13.7 Å². The number of halogens is 3. The van der Waals surface area contributed by atoms with Gasteiger partial charge >= 0.3 is 0 Å². The van der Waals surface area contributed by atoms with Crippen LogP contribution in [0.4, 0.5) is 0 Å². The zero-order valence-electron chi connectivity index (χ0n) is 11.3. The number of benzene rings is 1. The molecule has 1 aromatic rings. The SMILES string of the molecule is COc1c(Br)cc(Cl)cc1S(=O)(=O)NC(CN)C1CC1.Cl. The van der Waals surface area contributed by atoms with E-state index in [4.69, 9.17) is 22.1 Å². The van der Waals surface area contributed by atoms with Crippen molar-refractivity contribution < 1.29 is 13.2 Å². The van der Waals surface area contributed by atoms with Gasteiger partial charge in [-0.2, -0.15) is 0 Å². The Kier molecular flexibility index (Phi) is 6.77. The monoisotopic (exact) mass is 418 g/mol. The molecule has 1 fully saturated rings. The molecule has 1 unspecified atom stereocenters. The van der Waals surface area contributed by atoms with Crippen LogP contribution in [0.5, 0.6) is 5.75 Å². The van der Waals surface area contributed by atoms with E-state index >= 15 is 0 Å². The Morgan fingerprint density at radius 3 is 2.62 bits per heavy atom. The third-order valence-electron chi connectivity index (χ3n) is 3.22. The van der Waals surface area contributed by atoms with Gasteiger partial charge in [-0.05, 0) is 46.8 Å². The second-order valence-corrected chi connectivity index (χ2v) is 7.69. The van der Waals surface area contributed by atoms with Gasteiger partial charge in [0.05, 0.1) is 11.6 Å². The minimum absolute atomic E-state index is 0. The van der Waals surface area contributed by atoms with Gasteiger partial charge in [0, 0.05) is 17.6 Å². The summed E-state index contributed by atoms with van der Waals surface area (Å²) in [6, 6.07) is 2.71. The lowest BCUT2D eigenvalue weighted by Crippen LogP contribution is -2.41. The highest BCUT2D eigenvalue weighted by Crippen LogP contribution is 2.37. The Labute approximate surface area is 144 Å². The maximum Gasteiger partial charge on any atom is 0.244 e. The van der Waals surface area contributed by atoms with E-state index in [9.17, 15) is 8.42 Å². The fourth-order valence-corrected chi connectivity index (χ4v) is 4.73. The van der Waals surface area contributed by atoms with Crippen LogP contribution in [-0.4, -0.2) is 28.1 Å². The number of nitrogens with two attached hydrogens (primary N) is 1. The van der Waals surface area contributed by atoms with Crippen LogP contribution in [0, 0.1) is 5.92 Å². The summed E-state index contributed by atoms with van der Waals surface area (Å²) < 4.78 is 33.3. The van der Waals surface area contributed by atoms with Crippen molar-refractivity contribution in [2.24, 2.45) is 11.7 Å². The first-order valence-corrected chi connectivity index (χ1v) is 8.80. The van der Waals surface area contributed by atoms with Gasteiger partial charge in [0.15, 0.2) is 5.75 Å². The Morgan fingerprint density at radius 1 is 1.52 bits per heavy atom. The van der Waals surface area contributed by atoms with Gasteiger partial charge in [-0.25, -0.2) is 13.1 Å². The van der Waals surface area contributed by atoms with Crippen LogP contribution in [0.3, 0.4) is 0 Å². The Hall–Kier alpha value is -0.0500. The molecule has 0 aliphatic heterocycles. The number of rotatable bonds is 6. The summed E-state index contributed by atoms with van der Waals surface area (Å²) in [5.74, 6) is 0.553. The van der Waals surface area contributed by atoms with Crippen LogP contribution in [0.15, 0.2) is 21.5 Å². The Balaban J connectivity index is 0.00000220. The van der Waals surface area contributed by atoms with Crippen molar-refractivity contribution in [1.29, 1.82) is 0 Å². The molecule has 1 aliphatic carbocycles. The van der Waals surface area contributed by atoms with Gasteiger partial charge in [-0.15, -0.1) is 12.4 Å². The molecular weight excluding hydrogens is 403 g/mol. The summed E-state index contributed by atoms with van der Waals surface area (Å²) in [6.45, 7) is 0.272. The predicted molar refractivity (Wildman–Crippen MR) is 88.8 cm³/mol. The van der Waals surface area contributed by atoms with Crippen LogP contribution >= 0.6 is 39.9 Å². The molecule has 21 heavy (non-hydrogen) atoms. The first-order chi connectivity index (χ1) is 9.39. The van der Waals surface area contributed by atoms with E-state index in [2.05, 4.69) is 20.7 Å². The van der Waals surface area contributed by atoms with E-state index < -0.39 is 10.0 Å². The lowest BCUT2D eigenvalue weighted by molar-refractivity contribution is 0.399. The summed E-state index contributed by atoms with van der Waals surface area (Å²) in [6.07, 6.45) is 2.00. The standard InChI is InChI=1S/C12H16BrClN2O3S.ClH/c1-19-12-9(13)4-8(14)5-11(12)20(17,18)16-10(6-15)7-2-3-7;/h4-5,7,10,16H,2-3,6,15H2,1H3;1H. The van der Waals surface area contributed by atoms with Crippen molar-refractivity contribution >= 4 is 50.0 Å². The third-order valence-corrected chi connectivity index (χ3v) is 5.52. The zero-order valence-corrected chi connectivity index (χ0v) is 15.3. The molecule has 0 aromatic heterocycles. The molecule has 2 rings (SSSR count). The normalized spacial score (nSPS) is 16.2. The van der Waals surface area contributed by atoms with Gasteiger partial charge in [-0.1, -0.05) is 11.6 Å². The van der Waals surface area contributed by atoms with Gasteiger partial charge in [0.25, 0.3) is 0 Å². The number of ether oxygens (including phenoxy) is 1. The van der Waals surface area contributed by atoms with Crippen molar-refractivity contribution in [3.8, 4) is 5.75 Å². The highest BCUT2D eigenvalue weighted by molar-refractivity contribution is 9.10.